The fraction of sp³-hybridized carbons (Fsp3) is 0.300. The van der Waals surface area contributed by atoms with Crippen LogP contribution in [0.3, 0.4) is 0 Å². The van der Waals surface area contributed by atoms with Gasteiger partial charge in [-0.05, 0) is 49.9 Å². The number of carbonyl (C=O) groups is 2. The molecule has 2 N–H and O–H groups in total. The van der Waals surface area contributed by atoms with Crippen LogP contribution >= 0.6 is 0 Å². The van der Waals surface area contributed by atoms with Crippen LogP contribution in [0, 0.1) is 23.3 Å². The molecule has 0 fully saturated rings. The Kier molecular flexibility index (Phi) is 8.60. The molecule has 2 aromatic carbocycles. The predicted octanol–water partition coefficient (Wildman–Crippen LogP) is 2.70. The van der Waals surface area contributed by atoms with Gasteiger partial charge in [-0.15, -0.1) is 0 Å². The van der Waals surface area contributed by atoms with Crippen molar-refractivity contribution in [3.05, 3.63) is 59.7 Å². The van der Waals surface area contributed by atoms with Gasteiger partial charge in [0.05, 0.1) is 25.4 Å². The smallest absolute Gasteiger partial charge is 0.243 e. The lowest BCUT2D eigenvalue weighted by atomic mass is 10.2. The Hall–Kier alpha value is -3.14. The van der Waals surface area contributed by atoms with Gasteiger partial charge in [-0.3, -0.25) is 14.5 Å². The van der Waals surface area contributed by atoms with Crippen molar-refractivity contribution >= 4 is 17.5 Å². The zero-order valence-electron chi connectivity index (χ0n) is 16.2. The monoisotopic (exact) mass is 427 g/mol. The molecule has 0 atom stereocenters. The Morgan fingerprint density at radius 2 is 1.67 bits per heavy atom. The van der Waals surface area contributed by atoms with E-state index in [0.717, 1.165) is 6.07 Å². The molecule has 0 radical (unpaired) electrons. The highest BCUT2D eigenvalue weighted by Crippen LogP contribution is 2.19. The molecule has 2 rings (SSSR count). The third-order valence-corrected chi connectivity index (χ3v) is 3.94. The molecule has 0 aliphatic rings. The molecule has 0 unspecified atom stereocenters. The van der Waals surface area contributed by atoms with Crippen LogP contribution in [-0.4, -0.2) is 50.0 Å². The summed E-state index contributed by atoms with van der Waals surface area (Å²) < 4.78 is 57.8. The molecule has 0 aliphatic carbocycles. The molecule has 0 saturated heterocycles. The number of benzene rings is 2. The zero-order chi connectivity index (χ0) is 22.1. The third-order valence-electron chi connectivity index (χ3n) is 3.94. The minimum absolute atomic E-state index is 0.00334. The molecule has 0 spiro atoms. The number of carbonyl (C=O) groups excluding carboxylic acids is 2. The van der Waals surface area contributed by atoms with Crippen LogP contribution in [0.25, 0.3) is 0 Å². The second-order valence-electron chi connectivity index (χ2n) is 6.44. The van der Waals surface area contributed by atoms with Gasteiger partial charge in [-0.2, -0.15) is 0 Å². The van der Waals surface area contributed by atoms with E-state index in [1.165, 1.54) is 24.3 Å². The van der Waals surface area contributed by atoms with E-state index in [1.807, 2.05) is 0 Å². The van der Waals surface area contributed by atoms with E-state index in [9.17, 15) is 27.2 Å². The number of likely N-dealkylation sites (N-methyl/N-ethyl adjacent to an activating group) is 1. The minimum atomic E-state index is -1.69. The topological polar surface area (TPSA) is 70.7 Å². The Morgan fingerprint density at radius 1 is 0.967 bits per heavy atom. The molecule has 2 amide bonds. The number of halogens is 4. The molecule has 0 aliphatic heterocycles. The number of nitrogens with zero attached hydrogens (tertiary/aromatic N) is 1. The summed E-state index contributed by atoms with van der Waals surface area (Å²) in [4.78, 5) is 25.3. The summed E-state index contributed by atoms with van der Waals surface area (Å²) in [6.07, 6.45) is 0.608. The molecule has 6 nitrogen and oxygen atoms in total. The number of nitrogens with one attached hydrogen (secondary N) is 2. The number of rotatable bonds is 10. The molecule has 30 heavy (non-hydrogen) atoms. The van der Waals surface area contributed by atoms with E-state index in [2.05, 4.69) is 10.6 Å². The van der Waals surface area contributed by atoms with Crippen molar-refractivity contribution in [3.8, 4) is 5.75 Å². The summed E-state index contributed by atoms with van der Waals surface area (Å²) >= 11 is 0. The van der Waals surface area contributed by atoms with Gasteiger partial charge in [-0.25, -0.2) is 17.6 Å². The summed E-state index contributed by atoms with van der Waals surface area (Å²) in [5.74, 6) is -5.62. The molecular weight excluding hydrogens is 406 g/mol. The number of hydrogen-bond donors (Lipinski definition) is 2. The van der Waals surface area contributed by atoms with Crippen molar-refractivity contribution in [2.45, 2.75) is 6.42 Å². The first-order valence-electron chi connectivity index (χ1n) is 9.03. The molecule has 2 aromatic rings. The number of amides is 2. The molecular formula is C20H21F4N3O3. The lowest BCUT2D eigenvalue weighted by molar-refractivity contribution is -0.124. The van der Waals surface area contributed by atoms with Crippen molar-refractivity contribution in [1.29, 1.82) is 0 Å². The van der Waals surface area contributed by atoms with Gasteiger partial charge in [0.2, 0.25) is 11.8 Å². The Bertz CT molecular complexity index is 878. The summed E-state index contributed by atoms with van der Waals surface area (Å²) in [5, 5.41) is 4.41. The number of anilines is 1. The van der Waals surface area contributed by atoms with Gasteiger partial charge < -0.3 is 15.4 Å². The number of ether oxygens (including phenoxy) is 1. The van der Waals surface area contributed by atoms with Crippen molar-refractivity contribution in [2.75, 3.05) is 38.6 Å². The normalized spacial score (nSPS) is 10.7. The fourth-order valence-electron chi connectivity index (χ4n) is 2.43. The van der Waals surface area contributed by atoms with Gasteiger partial charge in [-0.1, -0.05) is 0 Å². The van der Waals surface area contributed by atoms with Crippen LogP contribution in [0.4, 0.5) is 23.2 Å². The van der Waals surface area contributed by atoms with E-state index in [1.54, 1.807) is 11.9 Å². The van der Waals surface area contributed by atoms with E-state index in [-0.39, 0.29) is 12.4 Å². The highest BCUT2D eigenvalue weighted by atomic mass is 19.2. The highest BCUT2D eigenvalue weighted by molar-refractivity contribution is 5.94. The summed E-state index contributed by atoms with van der Waals surface area (Å²) in [6, 6.07) is 7.19. The molecule has 0 aromatic heterocycles. The summed E-state index contributed by atoms with van der Waals surface area (Å²) in [6.45, 7) is 0.447. The molecule has 162 valence electrons. The van der Waals surface area contributed by atoms with Gasteiger partial charge in [0.1, 0.15) is 11.6 Å². The van der Waals surface area contributed by atoms with Crippen LogP contribution in [-0.2, 0) is 9.59 Å². The van der Waals surface area contributed by atoms with Gasteiger partial charge in [0, 0.05) is 6.54 Å². The Balaban J connectivity index is 1.64. The molecule has 0 saturated carbocycles. The maximum absolute atomic E-state index is 13.5. The van der Waals surface area contributed by atoms with Crippen molar-refractivity contribution < 1.29 is 31.9 Å². The lowest BCUT2D eigenvalue weighted by Crippen LogP contribution is -2.39. The Labute approximate surface area is 170 Å². The van der Waals surface area contributed by atoms with Crippen LogP contribution in [0.1, 0.15) is 6.42 Å². The van der Waals surface area contributed by atoms with Crippen LogP contribution in [0.5, 0.6) is 5.75 Å². The molecule has 0 heterocycles. The highest BCUT2D eigenvalue weighted by Gasteiger charge is 2.15. The first-order chi connectivity index (χ1) is 14.3. The SMILES string of the molecule is CN(CCCOc1ccc(F)cc1)CC(=O)NCC(=O)Nc1ccc(F)c(F)c1F. The second kappa shape index (κ2) is 11.1. The van der Waals surface area contributed by atoms with Crippen molar-refractivity contribution in [1.82, 2.24) is 10.2 Å². The zero-order valence-corrected chi connectivity index (χ0v) is 16.2. The average molecular weight is 427 g/mol. The van der Waals surface area contributed by atoms with E-state index < -0.39 is 41.5 Å². The quantitative estimate of drug-likeness (QED) is 0.348. The summed E-state index contributed by atoms with van der Waals surface area (Å²) in [7, 11) is 1.70. The number of hydrogen-bond acceptors (Lipinski definition) is 4. The molecule has 10 heteroatoms. The largest absolute Gasteiger partial charge is 0.494 e. The lowest BCUT2D eigenvalue weighted by Gasteiger charge is -2.16. The first kappa shape index (κ1) is 23.1. The average Bonchev–Trinajstić information content (AvgIpc) is 2.71. The van der Waals surface area contributed by atoms with Crippen molar-refractivity contribution in [3.63, 3.8) is 0 Å². The first-order valence-corrected chi connectivity index (χ1v) is 9.03. The minimum Gasteiger partial charge on any atom is -0.494 e. The fourth-order valence-corrected chi connectivity index (χ4v) is 2.43. The predicted molar refractivity (Wildman–Crippen MR) is 102 cm³/mol. The maximum Gasteiger partial charge on any atom is 0.243 e. The van der Waals surface area contributed by atoms with Crippen molar-refractivity contribution in [2.24, 2.45) is 0 Å². The van der Waals surface area contributed by atoms with E-state index in [4.69, 9.17) is 4.74 Å². The maximum atomic E-state index is 13.5. The van der Waals surface area contributed by atoms with Gasteiger partial charge in [0.15, 0.2) is 17.5 Å². The standard InChI is InChI=1S/C20H21F4N3O3/c1-27(9-2-10-30-14-5-3-13(21)4-6-14)12-18(29)25-11-17(28)26-16-8-7-15(22)19(23)20(16)24/h3-8H,2,9-12H2,1H3,(H,25,29)(H,26,28). The summed E-state index contributed by atoms with van der Waals surface area (Å²) in [5.41, 5.74) is -0.522. The third kappa shape index (κ3) is 7.36. The van der Waals surface area contributed by atoms with Gasteiger partial charge >= 0.3 is 0 Å². The Morgan fingerprint density at radius 3 is 2.37 bits per heavy atom. The molecule has 0 bridgehead atoms. The van der Waals surface area contributed by atoms with Crippen LogP contribution in [0.2, 0.25) is 0 Å². The second-order valence-corrected chi connectivity index (χ2v) is 6.44. The van der Waals surface area contributed by atoms with E-state index >= 15 is 0 Å². The van der Waals surface area contributed by atoms with Crippen LogP contribution < -0.4 is 15.4 Å². The van der Waals surface area contributed by atoms with Gasteiger partial charge in [0.25, 0.3) is 0 Å². The van der Waals surface area contributed by atoms with E-state index in [0.29, 0.717) is 31.4 Å². The van der Waals surface area contributed by atoms with Crippen LogP contribution in [0.15, 0.2) is 36.4 Å².